The Morgan fingerprint density at radius 1 is 1.00 bits per heavy atom. The van der Waals surface area contributed by atoms with Gasteiger partial charge in [-0.05, 0) is 30.4 Å². The molecule has 0 aliphatic carbocycles. The van der Waals surface area contributed by atoms with Crippen molar-refractivity contribution in [1.29, 1.82) is 0 Å². The fraction of sp³-hybridized carbons (Fsp3) is 0.278. The Morgan fingerprint density at radius 2 is 1.60 bits per heavy atom. The first-order valence-corrected chi connectivity index (χ1v) is 7.04. The second-order valence-corrected chi connectivity index (χ2v) is 4.81. The Hall–Kier alpha value is -2.09. The van der Waals surface area contributed by atoms with E-state index in [1.807, 2.05) is 43.3 Å². The lowest BCUT2D eigenvalue weighted by atomic mass is 9.89. The Bertz CT molecular complexity index is 520. The standard InChI is InChI=1S/C18H20O2/c1-2-20-18(19)14-17(16-11-7-4-8-12-16)13-15-9-5-3-6-10-15/h3-12,17H,2,13-14H2,1H3. The summed E-state index contributed by atoms with van der Waals surface area (Å²) in [5.74, 6) is 0.0370. The largest absolute Gasteiger partial charge is 0.466 e. The Balaban J connectivity index is 2.14. The second kappa shape index (κ2) is 7.49. The minimum Gasteiger partial charge on any atom is -0.466 e. The molecule has 0 bridgehead atoms. The highest BCUT2D eigenvalue weighted by Crippen LogP contribution is 2.24. The number of benzene rings is 2. The minimum atomic E-state index is -0.128. The summed E-state index contributed by atoms with van der Waals surface area (Å²) in [6.45, 7) is 2.28. The molecule has 0 saturated carbocycles. The summed E-state index contributed by atoms with van der Waals surface area (Å²) in [5.41, 5.74) is 2.43. The van der Waals surface area contributed by atoms with E-state index in [2.05, 4.69) is 24.3 Å². The van der Waals surface area contributed by atoms with Crippen molar-refractivity contribution in [1.82, 2.24) is 0 Å². The molecule has 0 aliphatic rings. The number of carbonyl (C=O) groups is 1. The van der Waals surface area contributed by atoms with E-state index in [0.29, 0.717) is 13.0 Å². The molecule has 2 aromatic rings. The zero-order valence-corrected chi connectivity index (χ0v) is 11.8. The molecule has 0 heterocycles. The maximum atomic E-state index is 11.8. The number of carbonyl (C=O) groups excluding carboxylic acids is 1. The van der Waals surface area contributed by atoms with Gasteiger partial charge in [0.25, 0.3) is 0 Å². The number of hydrogen-bond donors (Lipinski definition) is 0. The molecule has 0 N–H and O–H groups in total. The molecule has 2 aromatic carbocycles. The fourth-order valence-electron chi connectivity index (χ4n) is 2.35. The van der Waals surface area contributed by atoms with Crippen molar-refractivity contribution in [2.75, 3.05) is 6.61 Å². The van der Waals surface area contributed by atoms with Gasteiger partial charge in [0.1, 0.15) is 0 Å². The predicted octanol–water partition coefficient (Wildman–Crippen LogP) is 3.97. The smallest absolute Gasteiger partial charge is 0.306 e. The molecule has 1 atom stereocenters. The van der Waals surface area contributed by atoms with Gasteiger partial charge >= 0.3 is 5.97 Å². The molecule has 2 nitrogen and oxygen atoms in total. The van der Waals surface area contributed by atoms with Gasteiger partial charge in [-0.2, -0.15) is 0 Å². The molecular weight excluding hydrogens is 248 g/mol. The zero-order valence-electron chi connectivity index (χ0n) is 11.8. The van der Waals surface area contributed by atoms with Crippen LogP contribution in [0.3, 0.4) is 0 Å². The maximum absolute atomic E-state index is 11.8. The van der Waals surface area contributed by atoms with Gasteiger partial charge in [-0.3, -0.25) is 4.79 Å². The van der Waals surface area contributed by atoms with Crippen molar-refractivity contribution in [3.63, 3.8) is 0 Å². The van der Waals surface area contributed by atoms with E-state index in [1.165, 1.54) is 11.1 Å². The molecule has 1 unspecified atom stereocenters. The lowest BCUT2D eigenvalue weighted by molar-refractivity contribution is -0.143. The quantitative estimate of drug-likeness (QED) is 0.741. The molecule has 2 rings (SSSR count). The summed E-state index contributed by atoms with van der Waals surface area (Å²) < 4.78 is 5.09. The lowest BCUT2D eigenvalue weighted by Gasteiger charge is -2.16. The van der Waals surface area contributed by atoms with Crippen LogP contribution in [0.4, 0.5) is 0 Å². The summed E-state index contributed by atoms with van der Waals surface area (Å²) in [7, 11) is 0. The molecule has 0 saturated heterocycles. The third-order valence-electron chi connectivity index (χ3n) is 3.31. The summed E-state index contributed by atoms with van der Waals surface area (Å²) >= 11 is 0. The van der Waals surface area contributed by atoms with Crippen LogP contribution in [0.25, 0.3) is 0 Å². The van der Waals surface area contributed by atoms with Crippen LogP contribution in [0.2, 0.25) is 0 Å². The predicted molar refractivity (Wildman–Crippen MR) is 80.6 cm³/mol. The van der Waals surface area contributed by atoms with Gasteiger partial charge < -0.3 is 4.74 Å². The van der Waals surface area contributed by atoms with Gasteiger partial charge in [0.15, 0.2) is 0 Å². The van der Waals surface area contributed by atoms with E-state index in [1.54, 1.807) is 0 Å². The monoisotopic (exact) mass is 268 g/mol. The normalized spacial score (nSPS) is 11.8. The molecule has 0 radical (unpaired) electrons. The van der Waals surface area contributed by atoms with E-state index < -0.39 is 0 Å². The van der Waals surface area contributed by atoms with Crippen LogP contribution < -0.4 is 0 Å². The molecule has 0 spiro atoms. The molecule has 0 amide bonds. The average molecular weight is 268 g/mol. The van der Waals surface area contributed by atoms with Crippen molar-refractivity contribution in [3.05, 3.63) is 71.8 Å². The first kappa shape index (κ1) is 14.3. The highest BCUT2D eigenvalue weighted by atomic mass is 16.5. The highest BCUT2D eigenvalue weighted by Gasteiger charge is 2.17. The number of hydrogen-bond acceptors (Lipinski definition) is 2. The molecule has 2 heteroatoms. The van der Waals surface area contributed by atoms with Crippen molar-refractivity contribution in [2.24, 2.45) is 0 Å². The summed E-state index contributed by atoms with van der Waals surface area (Å²) in [6, 6.07) is 20.4. The van der Waals surface area contributed by atoms with Crippen LogP contribution in [0.5, 0.6) is 0 Å². The summed E-state index contributed by atoms with van der Waals surface area (Å²) in [4.78, 5) is 11.8. The van der Waals surface area contributed by atoms with Gasteiger partial charge in [0, 0.05) is 0 Å². The van der Waals surface area contributed by atoms with Crippen LogP contribution in [0.15, 0.2) is 60.7 Å². The topological polar surface area (TPSA) is 26.3 Å². The van der Waals surface area contributed by atoms with E-state index in [-0.39, 0.29) is 11.9 Å². The number of ether oxygens (including phenoxy) is 1. The second-order valence-electron chi connectivity index (χ2n) is 4.81. The Kier molecular flexibility index (Phi) is 5.36. The molecule has 0 aromatic heterocycles. The zero-order chi connectivity index (χ0) is 14.2. The van der Waals surface area contributed by atoms with E-state index in [4.69, 9.17) is 4.74 Å². The first-order valence-electron chi connectivity index (χ1n) is 7.04. The molecule has 20 heavy (non-hydrogen) atoms. The summed E-state index contributed by atoms with van der Waals surface area (Å²) in [6.07, 6.45) is 1.27. The third-order valence-corrected chi connectivity index (χ3v) is 3.31. The van der Waals surface area contributed by atoms with Crippen LogP contribution >= 0.6 is 0 Å². The molecule has 104 valence electrons. The van der Waals surface area contributed by atoms with Crippen LogP contribution in [-0.2, 0) is 16.0 Å². The third kappa shape index (κ3) is 4.23. The van der Waals surface area contributed by atoms with Crippen molar-refractivity contribution < 1.29 is 9.53 Å². The molecular formula is C18H20O2. The van der Waals surface area contributed by atoms with Crippen molar-refractivity contribution in [2.45, 2.75) is 25.7 Å². The summed E-state index contributed by atoms with van der Waals surface area (Å²) in [5, 5.41) is 0. The average Bonchev–Trinajstić information content (AvgIpc) is 2.49. The first-order chi connectivity index (χ1) is 9.79. The van der Waals surface area contributed by atoms with Gasteiger partial charge in [-0.25, -0.2) is 0 Å². The van der Waals surface area contributed by atoms with Gasteiger partial charge in [0.05, 0.1) is 13.0 Å². The van der Waals surface area contributed by atoms with E-state index in [0.717, 1.165) is 6.42 Å². The SMILES string of the molecule is CCOC(=O)CC(Cc1ccccc1)c1ccccc1. The van der Waals surface area contributed by atoms with E-state index >= 15 is 0 Å². The minimum absolute atomic E-state index is 0.128. The molecule has 0 aliphatic heterocycles. The number of rotatable bonds is 6. The van der Waals surface area contributed by atoms with Crippen molar-refractivity contribution >= 4 is 5.97 Å². The number of esters is 1. The maximum Gasteiger partial charge on any atom is 0.306 e. The van der Waals surface area contributed by atoms with Gasteiger partial charge in [-0.1, -0.05) is 60.7 Å². The highest BCUT2D eigenvalue weighted by molar-refractivity contribution is 5.70. The molecule has 0 fully saturated rings. The van der Waals surface area contributed by atoms with E-state index in [9.17, 15) is 4.79 Å². The van der Waals surface area contributed by atoms with Gasteiger partial charge in [-0.15, -0.1) is 0 Å². The van der Waals surface area contributed by atoms with Crippen LogP contribution in [0.1, 0.15) is 30.4 Å². The van der Waals surface area contributed by atoms with Crippen molar-refractivity contribution in [3.8, 4) is 0 Å². The Labute approximate surface area is 120 Å². The lowest BCUT2D eigenvalue weighted by Crippen LogP contribution is -2.12. The van der Waals surface area contributed by atoms with Gasteiger partial charge in [0.2, 0.25) is 0 Å². The van der Waals surface area contributed by atoms with Crippen LogP contribution in [-0.4, -0.2) is 12.6 Å². The fourth-order valence-corrected chi connectivity index (χ4v) is 2.35. The Morgan fingerprint density at radius 3 is 2.20 bits per heavy atom. The van der Waals surface area contributed by atoms with Crippen LogP contribution in [0, 0.1) is 0 Å².